The normalized spacial score (nSPS) is 14.3. The quantitative estimate of drug-likeness (QED) is 0.187. The first-order valence-corrected chi connectivity index (χ1v) is 23.0. The molecule has 1 aliphatic rings. The van der Waals surface area contributed by atoms with E-state index in [9.17, 15) is 0 Å². The monoisotopic (exact) mass is 871 g/mol. The molecule has 0 saturated carbocycles. The maximum Gasteiger partial charge on any atom is 0.163 e. The summed E-state index contributed by atoms with van der Waals surface area (Å²) in [5, 5.41) is 15.1. The summed E-state index contributed by atoms with van der Waals surface area (Å²) in [6.07, 6.45) is -0.576. The molecule has 318 valence electrons. The molecule has 0 radical (unpaired) electrons. The lowest BCUT2D eigenvalue weighted by Crippen LogP contribution is -2.34. The van der Waals surface area contributed by atoms with E-state index in [4.69, 9.17) is 18.8 Å². The average molecular weight is 872 g/mol. The number of para-hydroxylation sites is 7. The first-order valence-electron chi connectivity index (χ1n) is 23.0. The second-order valence-electron chi connectivity index (χ2n) is 17.7. The summed E-state index contributed by atoms with van der Waals surface area (Å²) in [7, 11) is 0. The molecular formula is C61H37N5O2. The van der Waals surface area contributed by atoms with Crippen LogP contribution in [-0.2, 0) is 0 Å². The van der Waals surface area contributed by atoms with E-state index in [1.54, 1.807) is 0 Å². The molecule has 5 heterocycles. The van der Waals surface area contributed by atoms with Crippen LogP contribution in [0.1, 0.15) is 22.9 Å². The Morgan fingerprint density at radius 3 is 1.78 bits per heavy atom. The molecule has 0 saturated heterocycles. The molecule has 0 aliphatic carbocycles. The second-order valence-corrected chi connectivity index (χ2v) is 17.7. The minimum atomic E-state index is -0.576. The van der Waals surface area contributed by atoms with Crippen LogP contribution in [0.15, 0.2) is 231 Å². The van der Waals surface area contributed by atoms with Gasteiger partial charge in [-0.1, -0.05) is 140 Å². The molecule has 1 atom stereocenters. The minimum absolute atomic E-state index is 0.576. The summed E-state index contributed by atoms with van der Waals surface area (Å²) in [4.78, 5) is 11.1. The van der Waals surface area contributed by atoms with Gasteiger partial charge in [0.2, 0.25) is 0 Å². The number of nitrogens with one attached hydrogen (secondary N) is 1. The lowest BCUT2D eigenvalue weighted by atomic mass is 10.0. The van der Waals surface area contributed by atoms with Crippen LogP contribution >= 0.6 is 0 Å². The molecule has 1 N–H and O–H groups in total. The van der Waals surface area contributed by atoms with Crippen LogP contribution in [0.5, 0.6) is 0 Å². The third kappa shape index (κ3) is 5.35. The minimum Gasteiger partial charge on any atom is -0.455 e. The topological polar surface area (TPSA) is 72.9 Å². The van der Waals surface area contributed by atoms with Gasteiger partial charge in [-0.05, 0) is 89.1 Å². The molecule has 0 fully saturated rings. The van der Waals surface area contributed by atoms with Gasteiger partial charge in [0.1, 0.15) is 28.8 Å². The van der Waals surface area contributed by atoms with E-state index in [1.165, 1.54) is 26.9 Å². The van der Waals surface area contributed by atoms with Gasteiger partial charge in [-0.15, -0.1) is 0 Å². The Hall–Kier alpha value is -9.20. The second kappa shape index (κ2) is 14.1. The van der Waals surface area contributed by atoms with Crippen molar-refractivity contribution in [2.24, 2.45) is 9.98 Å². The molecule has 1 aliphatic heterocycles. The van der Waals surface area contributed by atoms with Crippen molar-refractivity contribution >= 4 is 110 Å². The van der Waals surface area contributed by atoms with E-state index in [0.29, 0.717) is 11.7 Å². The van der Waals surface area contributed by atoms with Crippen LogP contribution in [0.3, 0.4) is 0 Å². The van der Waals surface area contributed by atoms with Crippen molar-refractivity contribution in [3.8, 4) is 11.4 Å². The fourth-order valence-corrected chi connectivity index (χ4v) is 10.9. The highest BCUT2D eigenvalue weighted by molar-refractivity contribution is 6.24. The number of rotatable bonds is 5. The Balaban J connectivity index is 1.02. The number of furan rings is 2. The summed E-state index contributed by atoms with van der Waals surface area (Å²) in [5.74, 6) is 1.29. The molecule has 4 aromatic heterocycles. The van der Waals surface area contributed by atoms with Crippen molar-refractivity contribution in [1.82, 2.24) is 14.5 Å². The predicted octanol–water partition coefficient (Wildman–Crippen LogP) is 15.3. The summed E-state index contributed by atoms with van der Waals surface area (Å²) >= 11 is 0. The SMILES string of the molecule is c1ccc(-n2c3ccccc3c3cccc(C4=NC(c5cccc6c5oc5ccccc56)=NC(c5cc(-n6c7ccccc7c7cc8ccccc8cc76)c6oc7ccccc7c6c5)N4)c32)cc1. The first-order chi connectivity index (χ1) is 33.7. The molecule has 1 unspecified atom stereocenters. The third-order valence-electron chi connectivity index (χ3n) is 13.9. The number of nitrogens with zero attached hydrogens (tertiary/aromatic N) is 4. The van der Waals surface area contributed by atoms with Gasteiger partial charge in [-0.3, -0.25) is 0 Å². The highest BCUT2D eigenvalue weighted by Crippen LogP contribution is 2.42. The van der Waals surface area contributed by atoms with Crippen LogP contribution in [0.4, 0.5) is 0 Å². The van der Waals surface area contributed by atoms with Crippen LogP contribution in [-0.4, -0.2) is 20.8 Å². The standard InChI is InChI=1S/C61H37N5O2/c1-2-18-39(19-3-1)65-50-28-10-6-20-40(50)44-24-14-26-46(56(44)65)60-62-59(63-61(64-60)47-27-15-25-45-42-22-8-12-30-54(42)67-57(45)47)38-33-49-43-23-9-13-31-55(43)68-58(49)53(35-38)66-51-29-11-7-21-41(51)48-32-36-16-4-5-17-37(36)34-52(48)66/h1-35,59H,(H,62,63,64). The Kier molecular flexibility index (Phi) is 7.71. The Bertz CT molecular complexity index is 4490. The molecule has 7 heteroatoms. The number of hydrogen-bond acceptors (Lipinski definition) is 5. The van der Waals surface area contributed by atoms with Crippen molar-refractivity contribution in [3.05, 3.63) is 229 Å². The first kappa shape index (κ1) is 37.1. The van der Waals surface area contributed by atoms with E-state index in [-0.39, 0.29) is 0 Å². The zero-order valence-electron chi connectivity index (χ0n) is 36.4. The predicted molar refractivity (Wildman–Crippen MR) is 279 cm³/mol. The van der Waals surface area contributed by atoms with Crippen molar-refractivity contribution < 1.29 is 8.83 Å². The molecule has 10 aromatic carbocycles. The zero-order chi connectivity index (χ0) is 44.5. The smallest absolute Gasteiger partial charge is 0.163 e. The summed E-state index contributed by atoms with van der Waals surface area (Å²) < 4.78 is 18.3. The fourth-order valence-electron chi connectivity index (χ4n) is 10.9. The molecule has 68 heavy (non-hydrogen) atoms. The van der Waals surface area contributed by atoms with Gasteiger partial charge in [0.15, 0.2) is 11.4 Å². The maximum atomic E-state index is 6.91. The van der Waals surface area contributed by atoms with Crippen LogP contribution < -0.4 is 5.32 Å². The molecule has 14 aromatic rings. The summed E-state index contributed by atoms with van der Waals surface area (Å²) in [5.41, 5.74) is 12.3. The van der Waals surface area contributed by atoms with Crippen molar-refractivity contribution in [2.75, 3.05) is 0 Å². The van der Waals surface area contributed by atoms with Gasteiger partial charge in [0.25, 0.3) is 0 Å². The average Bonchev–Trinajstić information content (AvgIpc) is 4.16. The van der Waals surface area contributed by atoms with Gasteiger partial charge in [-0.25, -0.2) is 9.98 Å². The molecule has 0 amide bonds. The molecule has 0 bridgehead atoms. The van der Waals surface area contributed by atoms with E-state index in [2.05, 4.69) is 209 Å². The Morgan fingerprint density at radius 1 is 0.412 bits per heavy atom. The van der Waals surface area contributed by atoms with Gasteiger partial charge in [0.05, 0.1) is 33.3 Å². The Labute approximate surface area is 388 Å². The van der Waals surface area contributed by atoms with Crippen LogP contribution in [0, 0.1) is 0 Å². The maximum absolute atomic E-state index is 6.91. The summed E-state index contributed by atoms with van der Waals surface area (Å²) in [6, 6.07) is 74.9. The van der Waals surface area contributed by atoms with Gasteiger partial charge in [-0.2, -0.15) is 0 Å². The highest BCUT2D eigenvalue weighted by atomic mass is 16.3. The lowest BCUT2D eigenvalue weighted by molar-refractivity contribution is 0.659. The molecule has 0 spiro atoms. The highest BCUT2D eigenvalue weighted by Gasteiger charge is 2.29. The number of aromatic nitrogens is 2. The van der Waals surface area contributed by atoms with Crippen molar-refractivity contribution in [3.63, 3.8) is 0 Å². The number of hydrogen-bond donors (Lipinski definition) is 1. The lowest BCUT2D eigenvalue weighted by Gasteiger charge is -2.25. The van der Waals surface area contributed by atoms with Gasteiger partial charge < -0.3 is 23.3 Å². The van der Waals surface area contributed by atoms with Crippen molar-refractivity contribution in [2.45, 2.75) is 6.17 Å². The van der Waals surface area contributed by atoms with Crippen LogP contribution in [0.2, 0.25) is 0 Å². The van der Waals surface area contributed by atoms with E-state index < -0.39 is 6.17 Å². The van der Waals surface area contributed by atoms with Crippen LogP contribution in [0.25, 0.3) is 110 Å². The molecular weight excluding hydrogens is 835 g/mol. The van der Waals surface area contributed by atoms with Crippen molar-refractivity contribution in [1.29, 1.82) is 0 Å². The zero-order valence-corrected chi connectivity index (χ0v) is 36.4. The largest absolute Gasteiger partial charge is 0.455 e. The van der Waals surface area contributed by atoms with E-state index in [0.717, 1.165) is 99.4 Å². The van der Waals surface area contributed by atoms with Gasteiger partial charge >= 0.3 is 0 Å². The van der Waals surface area contributed by atoms with Gasteiger partial charge in [0, 0.05) is 54.3 Å². The Morgan fingerprint density at radius 2 is 1.00 bits per heavy atom. The molecule has 7 nitrogen and oxygen atoms in total. The fraction of sp³-hybridized carbons (Fsp3) is 0.0164. The summed E-state index contributed by atoms with van der Waals surface area (Å²) in [6.45, 7) is 0. The van der Waals surface area contributed by atoms with E-state index in [1.807, 2.05) is 18.2 Å². The van der Waals surface area contributed by atoms with E-state index >= 15 is 0 Å². The number of amidine groups is 2. The molecule has 15 rings (SSSR count). The number of benzene rings is 10. The number of fused-ring (bicyclic) bond motifs is 13. The third-order valence-corrected chi connectivity index (χ3v) is 13.9. The number of aliphatic imine (C=N–C) groups is 2.